The van der Waals surface area contributed by atoms with Crippen LogP contribution in [0.2, 0.25) is 0 Å². The molecule has 0 saturated carbocycles. The van der Waals surface area contributed by atoms with Crippen molar-refractivity contribution in [2.24, 2.45) is 0 Å². The second-order valence-corrected chi connectivity index (χ2v) is 10.1. The second-order valence-electron chi connectivity index (χ2n) is 10.1. The number of amides is 1. The molecule has 5 heteroatoms. The molecule has 4 aromatic rings. The molecule has 194 valence electrons. The van der Waals surface area contributed by atoms with E-state index in [0.717, 1.165) is 39.5 Å². The van der Waals surface area contributed by atoms with Crippen LogP contribution >= 0.6 is 0 Å². The van der Waals surface area contributed by atoms with Gasteiger partial charge in [-0.05, 0) is 41.3 Å². The number of nitrogens with one attached hydrogen (secondary N) is 1. The quantitative estimate of drug-likeness (QED) is 0.306. The summed E-state index contributed by atoms with van der Waals surface area (Å²) in [6.45, 7) is 2.02. The molecule has 1 aliphatic carbocycles. The molecule has 0 unspecified atom stereocenters. The Morgan fingerprint density at radius 1 is 0.846 bits per heavy atom. The van der Waals surface area contributed by atoms with Crippen LogP contribution in [0.25, 0.3) is 0 Å². The van der Waals surface area contributed by atoms with Crippen molar-refractivity contribution in [1.82, 2.24) is 0 Å². The highest BCUT2D eigenvalue weighted by atomic mass is 16.5. The van der Waals surface area contributed by atoms with Gasteiger partial charge in [-0.1, -0.05) is 91.0 Å². The third kappa shape index (κ3) is 4.84. The van der Waals surface area contributed by atoms with Crippen LogP contribution < -0.4 is 15.0 Å². The van der Waals surface area contributed by atoms with Gasteiger partial charge in [0.15, 0.2) is 5.78 Å². The molecule has 1 amide bonds. The average molecular weight is 515 g/mol. The van der Waals surface area contributed by atoms with E-state index in [-0.39, 0.29) is 17.6 Å². The van der Waals surface area contributed by atoms with E-state index in [2.05, 4.69) is 11.4 Å². The fourth-order valence-electron chi connectivity index (χ4n) is 5.79. The summed E-state index contributed by atoms with van der Waals surface area (Å²) in [5.41, 5.74) is 6.13. The number of fused-ring (bicyclic) bond motifs is 1. The SMILES string of the molecule is CC(=O)N1c2ccccc2NC2=C(C(=O)C[C@H](c3ccccc3OCc3ccccc3)C2)[C@@H]1c1ccccc1. The predicted octanol–water partition coefficient (Wildman–Crippen LogP) is 7.19. The number of carbonyl (C=O) groups is 2. The van der Waals surface area contributed by atoms with Gasteiger partial charge in [0.1, 0.15) is 12.4 Å². The molecule has 1 aliphatic heterocycles. The second kappa shape index (κ2) is 10.6. The molecular formula is C34H30N2O3. The monoisotopic (exact) mass is 514 g/mol. The van der Waals surface area contributed by atoms with Crippen LogP contribution in [0.1, 0.15) is 48.4 Å². The van der Waals surface area contributed by atoms with Crippen molar-refractivity contribution >= 4 is 23.1 Å². The first kappa shape index (κ1) is 24.7. The molecule has 0 spiro atoms. The highest BCUT2D eigenvalue weighted by Crippen LogP contribution is 2.48. The molecule has 0 radical (unpaired) electrons. The molecule has 2 atom stereocenters. The summed E-state index contributed by atoms with van der Waals surface area (Å²) in [4.78, 5) is 29.0. The fourth-order valence-corrected chi connectivity index (χ4v) is 5.79. The molecule has 2 aliphatic rings. The average Bonchev–Trinajstić information content (AvgIpc) is 3.12. The van der Waals surface area contributed by atoms with Gasteiger partial charge in [0, 0.05) is 30.5 Å². The lowest BCUT2D eigenvalue weighted by atomic mass is 9.78. The van der Waals surface area contributed by atoms with Crippen LogP contribution in [-0.2, 0) is 16.2 Å². The molecule has 0 fully saturated rings. The summed E-state index contributed by atoms with van der Waals surface area (Å²) in [6, 6.07) is 35.2. The van der Waals surface area contributed by atoms with E-state index in [4.69, 9.17) is 4.74 Å². The summed E-state index contributed by atoms with van der Waals surface area (Å²) in [5, 5.41) is 3.58. The summed E-state index contributed by atoms with van der Waals surface area (Å²) in [6.07, 6.45) is 0.980. The number of rotatable bonds is 5. The number of ketones is 1. The van der Waals surface area contributed by atoms with E-state index < -0.39 is 6.04 Å². The normalized spacial score (nSPS) is 18.5. The minimum Gasteiger partial charge on any atom is -0.489 e. The molecule has 39 heavy (non-hydrogen) atoms. The molecule has 4 aromatic carbocycles. The lowest BCUT2D eigenvalue weighted by Gasteiger charge is -2.34. The molecular weight excluding hydrogens is 484 g/mol. The fraction of sp³-hybridized carbons (Fsp3) is 0.176. The molecule has 5 nitrogen and oxygen atoms in total. The first-order valence-electron chi connectivity index (χ1n) is 13.3. The van der Waals surface area contributed by atoms with Gasteiger partial charge in [-0.25, -0.2) is 0 Å². The van der Waals surface area contributed by atoms with Gasteiger partial charge in [0.2, 0.25) is 5.91 Å². The Balaban J connectivity index is 1.41. The molecule has 0 bridgehead atoms. The van der Waals surface area contributed by atoms with Crippen LogP contribution in [0.4, 0.5) is 11.4 Å². The maximum Gasteiger partial charge on any atom is 0.224 e. The topological polar surface area (TPSA) is 58.6 Å². The van der Waals surface area contributed by atoms with Crippen molar-refractivity contribution in [1.29, 1.82) is 0 Å². The lowest BCUT2D eigenvalue weighted by molar-refractivity contribution is -0.117. The molecule has 1 heterocycles. The van der Waals surface area contributed by atoms with Gasteiger partial charge >= 0.3 is 0 Å². The zero-order valence-electron chi connectivity index (χ0n) is 21.8. The van der Waals surface area contributed by atoms with Crippen molar-refractivity contribution in [2.45, 2.75) is 38.3 Å². The molecule has 0 saturated heterocycles. The first-order valence-corrected chi connectivity index (χ1v) is 13.3. The van der Waals surface area contributed by atoms with E-state index in [1.807, 2.05) is 103 Å². The van der Waals surface area contributed by atoms with Crippen LogP contribution in [0, 0.1) is 0 Å². The van der Waals surface area contributed by atoms with E-state index in [9.17, 15) is 9.59 Å². The predicted molar refractivity (Wildman–Crippen MR) is 154 cm³/mol. The van der Waals surface area contributed by atoms with Gasteiger partial charge in [0.05, 0.1) is 17.4 Å². The van der Waals surface area contributed by atoms with Gasteiger partial charge in [-0.2, -0.15) is 0 Å². The third-order valence-corrected chi connectivity index (χ3v) is 7.54. The minimum atomic E-state index is -0.507. The summed E-state index contributed by atoms with van der Waals surface area (Å²) in [5.74, 6) is 0.673. The standard InChI is InChI=1S/C34H30N2O3/c1-23(37)36-30-18-10-9-17-28(30)35-29-20-26(21-31(38)33(29)34(36)25-14-6-3-7-15-25)27-16-8-11-19-32(27)39-22-24-12-4-2-5-13-24/h2-19,26,34-35H,20-22H2,1H3/t26-,34+/m1/s1. The molecule has 0 aromatic heterocycles. The van der Waals surface area contributed by atoms with Crippen molar-refractivity contribution in [3.8, 4) is 5.75 Å². The third-order valence-electron chi connectivity index (χ3n) is 7.54. The Morgan fingerprint density at radius 2 is 1.51 bits per heavy atom. The van der Waals surface area contributed by atoms with E-state index >= 15 is 0 Å². The van der Waals surface area contributed by atoms with Crippen LogP contribution in [0.15, 0.2) is 120 Å². The Hall–Kier alpha value is -4.64. The largest absolute Gasteiger partial charge is 0.489 e. The Kier molecular flexibility index (Phi) is 6.72. The Labute approximate surface area is 228 Å². The zero-order chi connectivity index (χ0) is 26.8. The number of benzene rings is 4. The Morgan fingerprint density at radius 3 is 2.28 bits per heavy atom. The lowest BCUT2D eigenvalue weighted by Crippen LogP contribution is -2.37. The highest BCUT2D eigenvalue weighted by Gasteiger charge is 2.41. The number of nitrogens with zero attached hydrogens (tertiary/aromatic N) is 1. The van der Waals surface area contributed by atoms with Crippen molar-refractivity contribution < 1.29 is 14.3 Å². The van der Waals surface area contributed by atoms with Crippen molar-refractivity contribution in [3.05, 3.63) is 137 Å². The minimum absolute atomic E-state index is 0.0412. The molecule has 1 N–H and O–H groups in total. The summed E-state index contributed by atoms with van der Waals surface area (Å²) in [7, 11) is 0. The number of Topliss-reactive ketones (excluding diaryl/α,β-unsaturated/α-hetero) is 1. The number of carbonyl (C=O) groups excluding carboxylic acids is 2. The zero-order valence-corrected chi connectivity index (χ0v) is 21.8. The number of hydrogen-bond donors (Lipinski definition) is 1. The van der Waals surface area contributed by atoms with E-state index in [1.54, 1.807) is 11.8 Å². The smallest absolute Gasteiger partial charge is 0.224 e. The van der Waals surface area contributed by atoms with Crippen molar-refractivity contribution in [3.63, 3.8) is 0 Å². The number of para-hydroxylation sites is 3. The van der Waals surface area contributed by atoms with Crippen LogP contribution in [-0.4, -0.2) is 11.7 Å². The number of anilines is 2. The van der Waals surface area contributed by atoms with Crippen molar-refractivity contribution in [2.75, 3.05) is 10.2 Å². The van der Waals surface area contributed by atoms with E-state index in [1.165, 1.54) is 0 Å². The van der Waals surface area contributed by atoms with E-state index in [0.29, 0.717) is 25.0 Å². The molecule has 6 rings (SSSR count). The van der Waals surface area contributed by atoms with Gasteiger partial charge in [0.25, 0.3) is 0 Å². The highest BCUT2D eigenvalue weighted by molar-refractivity contribution is 6.06. The van der Waals surface area contributed by atoms with Crippen LogP contribution in [0.3, 0.4) is 0 Å². The summed E-state index contributed by atoms with van der Waals surface area (Å²) >= 11 is 0. The van der Waals surface area contributed by atoms with Gasteiger partial charge in [-0.3, -0.25) is 14.5 Å². The number of ether oxygens (including phenoxy) is 1. The first-order chi connectivity index (χ1) is 19.1. The van der Waals surface area contributed by atoms with Gasteiger partial charge < -0.3 is 10.1 Å². The maximum atomic E-state index is 14.1. The summed E-state index contributed by atoms with van der Waals surface area (Å²) < 4.78 is 6.27. The number of allylic oxidation sites excluding steroid dienone is 1. The Bertz CT molecular complexity index is 1550. The maximum absolute atomic E-state index is 14.1. The number of hydrogen-bond acceptors (Lipinski definition) is 4. The van der Waals surface area contributed by atoms with Gasteiger partial charge in [-0.15, -0.1) is 0 Å². The van der Waals surface area contributed by atoms with Crippen LogP contribution in [0.5, 0.6) is 5.75 Å².